The maximum atomic E-state index is 12.7. The van der Waals surface area contributed by atoms with Gasteiger partial charge in [-0.2, -0.15) is 0 Å². The van der Waals surface area contributed by atoms with Crippen molar-refractivity contribution in [2.24, 2.45) is 0 Å². The Morgan fingerprint density at radius 3 is 2.48 bits per heavy atom. The van der Waals surface area contributed by atoms with Crippen molar-refractivity contribution in [2.75, 3.05) is 44.4 Å². The quantitative estimate of drug-likeness (QED) is 0.766. The van der Waals surface area contributed by atoms with Gasteiger partial charge in [0.15, 0.2) is 0 Å². The summed E-state index contributed by atoms with van der Waals surface area (Å²) in [4.78, 5) is 31.0. The molecule has 1 unspecified atom stereocenters. The number of hydrogen-bond donors (Lipinski definition) is 0. The van der Waals surface area contributed by atoms with Crippen LogP contribution in [0.2, 0.25) is 0 Å². The molecule has 0 aliphatic carbocycles. The number of amides is 2. The molecule has 2 fully saturated rings. The summed E-state index contributed by atoms with van der Waals surface area (Å²) in [6, 6.07) is -0.229. The van der Waals surface area contributed by atoms with Crippen molar-refractivity contribution in [2.45, 2.75) is 39.2 Å². The molecule has 0 aromatic heterocycles. The van der Waals surface area contributed by atoms with E-state index in [9.17, 15) is 9.59 Å². The number of unbranched alkanes of at least 4 members (excludes halogenated alkanes) is 1. The minimum Gasteiger partial charge on any atom is -0.338 e. The van der Waals surface area contributed by atoms with Gasteiger partial charge in [0.05, 0.1) is 5.88 Å². The molecule has 6 heteroatoms. The Kier molecular flexibility index (Phi) is 6.36. The summed E-state index contributed by atoms with van der Waals surface area (Å²) in [5, 5.41) is 0. The van der Waals surface area contributed by atoms with Crippen molar-refractivity contribution in [1.29, 1.82) is 0 Å². The van der Waals surface area contributed by atoms with Crippen LogP contribution in [-0.2, 0) is 9.59 Å². The van der Waals surface area contributed by atoms with Gasteiger partial charge >= 0.3 is 0 Å². The third kappa shape index (κ3) is 4.13. The molecule has 2 amide bonds. The lowest BCUT2D eigenvalue weighted by Gasteiger charge is -2.36. The van der Waals surface area contributed by atoms with E-state index < -0.39 is 0 Å². The van der Waals surface area contributed by atoms with E-state index in [-0.39, 0.29) is 17.9 Å². The van der Waals surface area contributed by atoms with Crippen LogP contribution in [-0.4, -0.2) is 76.9 Å². The number of hydrogen-bond acceptors (Lipinski definition) is 4. The van der Waals surface area contributed by atoms with Crippen LogP contribution in [0.4, 0.5) is 0 Å². The van der Waals surface area contributed by atoms with Gasteiger partial charge in [0.1, 0.15) is 6.04 Å². The smallest absolute Gasteiger partial charge is 0.246 e. The second kappa shape index (κ2) is 8.03. The Hall–Kier alpha value is -0.750. The van der Waals surface area contributed by atoms with Gasteiger partial charge in [-0.1, -0.05) is 20.3 Å². The average molecular weight is 313 g/mol. The molecule has 0 aromatic rings. The number of thioether (sulfide) groups is 1. The number of carbonyl (C=O) groups excluding carboxylic acids is 2. The molecule has 2 heterocycles. The van der Waals surface area contributed by atoms with Crippen molar-refractivity contribution in [3.63, 3.8) is 0 Å². The topological polar surface area (TPSA) is 43.9 Å². The summed E-state index contributed by atoms with van der Waals surface area (Å²) in [6.45, 7) is 8.78. The third-order valence-corrected chi connectivity index (χ3v) is 5.38. The summed E-state index contributed by atoms with van der Waals surface area (Å²) in [5.74, 6) is 1.73. The summed E-state index contributed by atoms with van der Waals surface area (Å²) in [5.41, 5.74) is 0. The predicted molar refractivity (Wildman–Crippen MR) is 86.2 cm³/mol. The summed E-state index contributed by atoms with van der Waals surface area (Å²) in [6.07, 6.45) is 2.50. The van der Waals surface area contributed by atoms with E-state index in [1.165, 1.54) is 0 Å². The van der Waals surface area contributed by atoms with E-state index in [1.807, 2.05) is 4.90 Å². The Balaban J connectivity index is 1.90. The second-order valence-corrected chi connectivity index (χ2v) is 6.74. The van der Waals surface area contributed by atoms with Gasteiger partial charge in [0, 0.05) is 38.4 Å². The van der Waals surface area contributed by atoms with Gasteiger partial charge in [-0.15, -0.1) is 11.8 Å². The number of piperazine rings is 1. The summed E-state index contributed by atoms with van der Waals surface area (Å²) < 4.78 is 0. The zero-order chi connectivity index (χ0) is 15.2. The highest BCUT2D eigenvalue weighted by atomic mass is 32.2. The van der Waals surface area contributed by atoms with Gasteiger partial charge in [0.2, 0.25) is 11.8 Å². The molecular weight excluding hydrogens is 286 g/mol. The van der Waals surface area contributed by atoms with Crippen molar-refractivity contribution >= 4 is 23.6 Å². The van der Waals surface area contributed by atoms with Gasteiger partial charge < -0.3 is 14.7 Å². The van der Waals surface area contributed by atoms with E-state index in [1.54, 1.807) is 16.7 Å². The fourth-order valence-corrected chi connectivity index (χ4v) is 4.03. The normalized spacial score (nSPS) is 23.6. The molecule has 5 nitrogen and oxygen atoms in total. The van der Waals surface area contributed by atoms with Crippen molar-refractivity contribution in [3.05, 3.63) is 0 Å². The Labute approximate surface area is 132 Å². The van der Waals surface area contributed by atoms with Crippen molar-refractivity contribution < 1.29 is 9.59 Å². The first-order valence-electron chi connectivity index (χ1n) is 8.05. The van der Waals surface area contributed by atoms with E-state index in [4.69, 9.17) is 0 Å². The first-order valence-corrected chi connectivity index (χ1v) is 9.21. The van der Waals surface area contributed by atoms with Crippen molar-refractivity contribution in [3.8, 4) is 0 Å². The highest BCUT2D eigenvalue weighted by Gasteiger charge is 2.37. The van der Waals surface area contributed by atoms with Crippen LogP contribution in [0.1, 0.15) is 33.1 Å². The summed E-state index contributed by atoms with van der Waals surface area (Å²) >= 11 is 1.70. The molecule has 0 spiro atoms. The molecule has 2 aliphatic heterocycles. The average Bonchev–Trinajstić information content (AvgIpc) is 3.01. The van der Waals surface area contributed by atoms with Crippen LogP contribution in [0.3, 0.4) is 0 Å². The lowest BCUT2D eigenvalue weighted by Crippen LogP contribution is -2.55. The largest absolute Gasteiger partial charge is 0.338 e. The molecular formula is C15H27N3O2S. The van der Waals surface area contributed by atoms with Crippen LogP contribution in [0.25, 0.3) is 0 Å². The summed E-state index contributed by atoms with van der Waals surface area (Å²) in [7, 11) is 0. The third-order valence-electron chi connectivity index (χ3n) is 4.36. The maximum Gasteiger partial charge on any atom is 0.246 e. The van der Waals surface area contributed by atoms with E-state index in [0.717, 1.165) is 51.3 Å². The molecule has 2 rings (SSSR count). The monoisotopic (exact) mass is 313 g/mol. The van der Waals surface area contributed by atoms with Gasteiger partial charge in [0.25, 0.3) is 0 Å². The van der Waals surface area contributed by atoms with E-state index in [2.05, 4.69) is 18.7 Å². The molecule has 2 saturated heterocycles. The first-order chi connectivity index (χ1) is 10.2. The molecule has 0 aromatic carbocycles. The van der Waals surface area contributed by atoms with Crippen LogP contribution < -0.4 is 0 Å². The zero-order valence-corrected chi connectivity index (χ0v) is 14.0. The molecule has 21 heavy (non-hydrogen) atoms. The first kappa shape index (κ1) is 16.6. The minimum atomic E-state index is -0.229. The molecule has 0 bridgehead atoms. The molecule has 2 aliphatic rings. The Morgan fingerprint density at radius 2 is 1.86 bits per heavy atom. The number of carbonyl (C=O) groups is 2. The Bertz CT molecular complexity index is 370. The Morgan fingerprint density at radius 1 is 1.14 bits per heavy atom. The van der Waals surface area contributed by atoms with Crippen LogP contribution >= 0.6 is 11.8 Å². The van der Waals surface area contributed by atoms with E-state index >= 15 is 0 Å². The number of nitrogens with zero attached hydrogens (tertiary/aromatic N) is 3. The maximum absolute atomic E-state index is 12.7. The SMILES string of the molecule is CCCCC(=O)N1CSCC1C(=O)N1CCN(CC)CC1. The van der Waals surface area contributed by atoms with E-state index in [0.29, 0.717) is 12.3 Å². The standard InChI is InChI=1S/C15H27N3O2S/c1-3-5-6-14(19)18-12-21-11-13(18)15(20)17-9-7-16(4-2)8-10-17/h13H,3-12H2,1-2H3. The van der Waals surface area contributed by atoms with Gasteiger partial charge in [-0.3, -0.25) is 9.59 Å². The molecule has 120 valence electrons. The number of rotatable bonds is 5. The fourth-order valence-electron chi connectivity index (χ4n) is 2.86. The molecule has 0 radical (unpaired) electrons. The number of likely N-dealkylation sites (N-methyl/N-ethyl adjacent to an activating group) is 1. The van der Waals surface area contributed by atoms with Crippen LogP contribution in [0, 0.1) is 0 Å². The van der Waals surface area contributed by atoms with Crippen LogP contribution in [0.15, 0.2) is 0 Å². The molecule has 1 atom stereocenters. The molecule has 0 N–H and O–H groups in total. The van der Waals surface area contributed by atoms with Gasteiger partial charge in [-0.25, -0.2) is 0 Å². The fraction of sp³-hybridized carbons (Fsp3) is 0.867. The van der Waals surface area contributed by atoms with Crippen LogP contribution in [0.5, 0.6) is 0 Å². The lowest BCUT2D eigenvalue weighted by molar-refractivity contribution is -0.144. The molecule has 0 saturated carbocycles. The highest BCUT2D eigenvalue weighted by Crippen LogP contribution is 2.24. The second-order valence-electron chi connectivity index (χ2n) is 5.74. The van der Waals surface area contributed by atoms with Gasteiger partial charge in [-0.05, 0) is 13.0 Å². The minimum absolute atomic E-state index is 0.146. The zero-order valence-electron chi connectivity index (χ0n) is 13.2. The highest BCUT2D eigenvalue weighted by molar-refractivity contribution is 7.99. The lowest BCUT2D eigenvalue weighted by atomic mass is 10.2. The predicted octanol–water partition coefficient (Wildman–Crippen LogP) is 1.24. The van der Waals surface area contributed by atoms with Crippen molar-refractivity contribution in [1.82, 2.24) is 14.7 Å².